The Balaban J connectivity index is 3.41. The fraction of sp³-hybridized carbons (Fsp3) is 0.926. The fourth-order valence-electron chi connectivity index (χ4n) is 3.70. The smallest absolute Gasteiger partial charge is 0.311 e. The Morgan fingerprint density at radius 2 is 0.968 bits per heavy atom. The van der Waals surface area contributed by atoms with Gasteiger partial charge in [-0.2, -0.15) is 0 Å². The predicted octanol–water partition coefficient (Wildman–Crippen LogP) is 8.51. The summed E-state index contributed by atoms with van der Waals surface area (Å²) < 4.78 is 10.5. The van der Waals surface area contributed by atoms with Gasteiger partial charge in [0, 0.05) is 20.3 Å². The average Bonchev–Trinajstić information content (AvgIpc) is 2.69. The summed E-state index contributed by atoms with van der Waals surface area (Å²) in [5.41, 5.74) is 0. The van der Waals surface area contributed by atoms with E-state index >= 15 is 0 Å². The molecule has 4 heteroatoms. The van der Waals surface area contributed by atoms with Crippen LogP contribution in [0.2, 0.25) is 0 Å². The minimum absolute atomic E-state index is 0.233. The SMILES string of the molecule is CCCCCCCCCCCCCCCCCCCC(=O)OC(C)(C)OC(=O)C(C)C. The lowest BCUT2D eigenvalue weighted by Crippen LogP contribution is -2.35. The molecule has 0 bridgehead atoms. The number of carbonyl (C=O) groups excluding carboxylic acids is 2. The molecule has 0 aromatic heterocycles. The van der Waals surface area contributed by atoms with Crippen molar-refractivity contribution in [2.75, 3.05) is 0 Å². The molecular weight excluding hydrogens is 388 g/mol. The monoisotopic (exact) mass is 440 g/mol. The molecule has 0 heterocycles. The van der Waals surface area contributed by atoms with Crippen molar-refractivity contribution in [3.8, 4) is 0 Å². The van der Waals surface area contributed by atoms with Gasteiger partial charge in [0.25, 0.3) is 5.79 Å². The molecule has 0 saturated carbocycles. The Kier molecular flexibility index (Phi) is 18.9. The molecule has 0 saturated heterocycles. The molecule has 0 aliphatic heterocycles. The van der Waals surface area contributed by atoms with Gasteiger partial charge in [0.1, 0.15) is 0 Å². The molecule has 0 aromatic carbocycles. The van der Waals surface area contributed by atoms with Crippen LogP contribution >= 0.6 is 0 Å². The van der Waals surface area contributed by atoms with Crippen LogP contribution in [-0.4, -0.2) is 17.7 Å². The maximum atomic E-state index is 12.0. The first kappa shape index (κ1) is 29.9. The molecule has 31 heavy (non-hydrogen) atoms. The van der Waals surface area contributed by atoms with Gasteiger partial charge in [-0.3, -0.25) is 9.59 Å². The van der Waals surface area contributed by atoms with Gasteiger partial charge in [0.15, 0.2) is 0 Å². The minimum atomic E-state index is -1.19. The molecule has 0 rings (SSSR count). The van der Waals surface area contributed by atoms with Crippen molar-refractivity contribution in [3.05, 3.63) is 0 Å². The van der Waals surface area contributed by atoms with Crippen molar-refractivity contribution in [1.82, 2.24) is 0 Å². The van der Waals surface area contributed by atoms with E-state index in [9.17, 15) is 9.59 Å². The van der Waals surface area contributed by atoms with Gasteiger partial charge in [0.05, 0.1) is 5.92 Å². The van der Waals surface area contributed by atoms with Gasteiger partial charge in [-0.05, 0) is 6.42 Å². The van der Waals surface area contributed by atoms with Crippen LogP contribution < -0.4 is 0 Å². The molecule has 0 amide bonds. The number of carbonyl (C=O) groups is 2. The Morgan fingerprint density at radius 1 is 0.613 bits per heavy atom. The van der Waals surface area contributed by atoms with Crippen molar-refractivity contribution >= 4 is 11.9 Å². The topological polar surface area (TPSA) is 52.6 Å². The van der Waals surface area contributed by atoms with Crippen molar-refractivity contribution in [1.29, 1.82) is 0 Å². The third-order valence-corrected chi connectivity index (χ3v) is 5.66. The van der Waals surface area contributed by atoms with Crippen LogP contribution in [0.25, 0.3) is 0 Å². The highest BCUT2D eigenvalue weighted by Crippen LogP contribution is 2.17. The molecule has 0 aliphatic carbocycles. The first-order valence-corrected chi connectivity index (χ1v) is 13.2. The standard InChI is InChI=1S/C27H52O4/c1-6-7-8-9-10-11-12-13-14-15-16-17-18-19-20-21-22-23-25(28)30-27(4,5)31-26(29)24(2)3/h24H,6-23H2,1-5H3. The normalized spacial score (nSPS) is 11.7. The third-order valence-electron chi connectivity index (χ3n) is 5.66. The molecule has 0 radical (unpaired) electrons. The predicted molar refractivity (Wildman–Crippen MR) is 130 cm³/mol. The Labute approximate surface area is 193 Å². The Bertz CT molecular complexity index is 443. The summed E-state index contributed by atoms with van der Waals surface area (Å²) in [5.74, 6) is -2.06. The molecule has 0 aliphatic rings. The number of hydrogen-bond donors (Lipinski definition) is 0. The molecule has 0 spiro atoms. The van der Waals surface area contributed by atoms with Crippen LogP contribution in [0, 0.1) is 5.92 Å². The maximum absolute atomic E-state index is 12.0. The zero-order chi connectivity index (χ0) is 23.4. The summed E-state index contributed by atoms with van der Waals surface area (Å²) in [5, 5.41) is 0. The first-order chi connectivity index (χ1) is 14.8. The summed E-state index contributed by atoms with van der Waals surface area (Å²) in [7, 11) is 0. The van der Waals surface area contributed by atoms with Crippen LogP contribution in [0.3, 0.4) is 0 Å². The quantitative estimate of drug-likeness (QED) is 0.102. The number of ether oxygens (including phenoxy) is 2. The van der Waals surface area contributed by atoms with Crippen LogP contribution in [0.5, 0.6) is 0 Å². The zero-order valence-electron chi connectivity index (χ0n) is 21.4. The second-order valence-electron chi connectivity index (χ2n) is 9.86. The molecule has 4 nitrogen and oxygen atoms in total. The van der Waals surface area contributed by atoms with Gasteiger partial charge in [0.2, 0.25) is 0 Å². The fourth-order valence-corrected chi connectivity index (χ4v) is 3.70. The molecule has 184 valence electrons. The maximum Gasteiger partial charge on any atom is 0.311 e. The van der Waals surface area contributed by atoms with E-state index in [4.69, 9.17) is 9.47 Å². The molecular formula is C27H52O4. The van der Waals surface area contributed by atoms with E-state index < -0.39 is 5.79 Å². The largest absolute Gasteiger partial charge is 0.423 e. The summed E-state index contributed by atoms with van der Waals surface area (Å²) in [6.45, 7) is 9.02. The zero-order valence-corrected chi connectivity index (χ0v) is 21.4. The summed E-state index contributed by atoms with van der Waals surface area (Å²) in [6, 6.07) is 0. The summed E-state index contributed by atoms with van der Waals surface area (Å²) in [4.78, 5) is 23.6. The van der Waals surface area contributed by atoms with E-state index in [1.807, 2.05) is 0 Å². The van der Waals surface area contributed by atoms with E-state index in [1.165, 1.54) is 96.3 Å². The van der Waals surface area contributed by atoms with Crippen molar-refractivity contribution < 1.29 is 19.1 Å². The lowest BCUT2D eigenvalue weighted by molar-refractivity contribution is -0.218. The van der Waals surface area contributed by atoms with Crippen LogP contribution in [-0.2, 0) is 19.1 Å². The first-order valence-electron chi connectivity index (χ1n) is 13.2. The van der Waals surface area contributed by atoms with E-state index in [-0.39, 0.29) is 17.9 Å². The highest BCUT2D eigenvalue weighted by Gasteiger charge is 2.28. The lowest BCUT2D eigenvalue weighted by atomic mass is 10.0. The van der Waals surface area contributed by atoms with Crippen LogP contribution in [0.15, 0.2) is 0 Å². The molecule has 0 fully saturated rings. The van der Waals surface area contributed by atoms with Crippen LogP contribution in [0.4, 0.5) is 0 Å². The summed E-state index contributed by atoms with van der Waals surface area (Å²) >= 11 is 0. The van der Waals surface area contributed by atoms with Crippen molar-refractivity contribution in [2.45, 2.75) is 156 Å². The Hall–Kier alpha value is -1.06. The number of esters is 2. The van der Waals surface area contributed by atoms with E-state index in [1.54, 1.807) is 27.7 Å². The average molecular weight is 441 g/mol. The van der Waals surface area contributed by atoms with Gasteiger partial charge >= 0.3 is 11.9 Å². The number of rotatable bonds is 21. The second kappa shape index (κ2) is 19.6. The highest BCUT2D eigenvalue weighted by atomic mass is 16.7. The van der Waals surface area contributed by atoms with Crippen molar-refractivity contribution in [2.24, 2.45) is 5.92 Å². The van der Waals surface area contributed by atoms with Gasteiger partial charge < -0.3 is 9.47 Å². The van der Waals surface area contributed by atoms with Gasteiger partial charge in [-0.1, -0.05) is 124 Å². The van der Waals surface area contributed by atoms with Gasteiger partial charge in [-0.15, -0.1) is 0 Å². The van der Waals surface area contributed by atoms with E-state index in [0.717, 1.165) is 12.8 Å². The van der Waals surface area contributed by atoms with Crippen LogP contribution in [0.1, 0.15) is 150 Å². The molecule has 0 N–H and O–H groups in total. The molecule has 0 unspecified atom stereocenters. The molecule has 0 atom stereocenters. The van der Waals surface area contributed by atoms with Gasteiger partial charge in [-0.25, -0.2) is 0 Å². The second-order valence-corrected chi connectivity index (χ2v) is 9.86. The number of unbranched alkanes of at least 4 members (excludes halogenated alkanes) is 16. The van der Waals surface area contributed by atoms with E-state index in [0.29, 0.717) is 6.42 Å². The third kappa shape index (κ3) is 20.6. The Morgan fingerprint density at radius 3 is 1.32 bits per heavy atom. The van der Waals surface area contributed by atoms with Crippen molar-refractivity contribution in [3.63, 3.8) is 0 Å². The minimum Gasteiger partial charge on any atom is -0.423 e. The summed E-state index contributed by atoms with van der Waals surface area (Å²) in [6.07, 6.45) is 22.8. The lowest BCUT2D eigenvalue weighted by Gasteiger charge is -2.25. The highest BCUT2D eigenvalue weighted by molar-refractivity contribution is 5.73. The molecule has 0 aromatic rings. The van der Waals surface area contributed by atoms with E-state index in [2.05, 4.69) is 6.92 Å². The number of hydrogen-bond acceptors (Lipinski definition) is 4.